The van der Waals surface area contributed by atoms with Gasteiger partial charge in [0.2, 0.25) is 0 Å². The fraction of sp³-hybridized carbons (Fsp3) is 0.941. The van der Waals surface area contributed by atoms with Gasteiger partial charge < -0.3 is 4.74 Å². The van der Waals surface area contributed by atoms with Crippen LogP contribution in [0.15, 0.2) is 0 Å². The van der Waals surface area contributed by atoms with Crippen molar-refractivity contribution in [3.05, 3.63) is 0 Å². The summed E-state index contributed by atoms with van der Waals surface area (Å²) in [5.74, 6) is 1.33. The van der Waals surface area contributed by atoms with Crippen molar-refractivity contribution in [2.45, 2.75) is 85.5 Å². The second-order valence-corrected chi connectivity index (χ2v) is 6.00. The fourth-order valence-corrected chi connectivity index (χ4v) is 2.14. The molecule has 0 aliphatic heterocycles. The zero-order chi connectivity index (χ0) is 14.5. The molecule has 2 heteroatoms. The molecule has 0 spiro atoms. The molecule has 2 atom stereocenters. The summed E-state index contributed by atoms with van der Waals surface area (Å²) in [5, 5.41) is 0. The number of rotatable bonds is 12. The maximum absolute atomic E-state index is 11.0. The standard InChI is InChI=1S/C17H34O2/c1-5-15(3)12-10-8-7-9-11-13-16(4)14-19-17(18)6-2/h15-16H,5-14H2,1-4H3. The summed E-state index contributed by atoms with van der Waals surface area (Å²) in [5.41, 5.74) is 0. The van der Waals surface area contributed by atoms with Gasteiger partial charge in [0, 0.05) is 6.42 Å². The number of hydrogen-bond donors (Lipinski definition) is 0. The Labute approximate surface area is 120 Å². The molecule has 0 amide bonds. The number of hydrogen-bond acceptors (Lipinski definition) is 2. The summed E-state index contributed by atoms with van der Waals surface area (Å²) in [4.78, 5) is 11.0. The van der Waals surface area contributed by atoms with Gasteiger partial charge in [0.1, 0.15) is 0 Å². The Hall–Kier alpha value is -0.530. The van der Waals surface area contributed by atoms with E-state index in [2.05, 4.69) is 20.8 Å². The Balaban J connectivity index is 3.27. The minimum Gasteiger partial charge on any atom is -0.465 e. The van der Waals surface area contributed by atoms with Gasteiger partial charge in [-0.15, -0.1) is 0 Å². The highest BCUT2D eigenvalue weighted by Gasteiger charge is 2.05. The Morgan fingerprint density at radius 3 is 1.95 bits per heavy atom. The second-order valence-electron chi connectivity index (χ2n) is 6.00. The lowest BCUT2D eigenvalue weighted by Gasteiger charge is -2.11. The highest BCUT2D eigenvalue weighted by molar-refractivity contribution is 5.68. The third kappa shape index (κ3) is 12.3. The van der Waals surface area contributed by atoms with Crippen LogP contribution in [0.25, 0.3) is 0 Å². The van der Waals surface area contributed by atoms with Gasteiger partial charge >= 0.3 is 5.97 Å². The van der Waals surface area contributed by atoms with Crippen molar-refractivity contribution in [3.8, 4) is 0 Å². The van der Waals surface area contributed by atoms with E-state index in [-0.39, 0.29) is 5.97 Å². The molecule has 0 rings (SSSR count). The van der Waals surface area contributed by atoms with E-state index in [1.165, 1.54) is 51.4 Å². The minimum absolute atomic E-state index is 0.0723. The van der Waals surface area contributed by atoms with Crippen molar-refractivity contribution in [1.29, 1.82) is 0 Å². The Morgan fingerprint density at radius 2 is 1.42 bits per heavy atom. The Morgan fingerprint density at radius 1 is 0.895 bits per heavy atom. The molecule has 0 aromatic carbocycles. The van der Waals surface area contributed by atoms with Gasteiger partial charge in [-0.25, -0.2) is 0 Å². The molecule has 0 aromatic rings. The van der Waals surface area contributed by atoms with Crippen molar-refractivity contribution < 1.29 is 9.53 Å². The number of ether oxygens (including phenoxy) is 1. The van der Waals surface area contributed by atoms with E-state index in [0.29, 0.717) is 18.9 Å². The monoisotopic (exact) mass is 270 g/mol. The predicted octanol–water partition coefficient (Wildman–Crippen LogP) is 5.35. The van der Waals surface area contributed by atoms with Crippen molar-refractivity contribution in [2.75, 3.05) is 6.61 Å². The third-order valence-electron chi connectivity index (χ3n) is 3.91. The minimum atomic E-state index is -0.0723. The van der Waals surface area contributed by atoms with Crippen LogP contribution in [0, 0.1) is 11.8 Å². The average Bonchev–Trinajstić information content (AvgIpc) is 2.43. The van der Waals surface area contributed by atoms with Crippen molar-refractivity contribution in [1.82, 2.24) is 0 Å². The van der Waals surface area contributed by atoms with Crippen LogP contribution in [-0.4, -0.2) is 12.6 Å². The molecule has 2 nitrogen and oxygen atoms in total. The maximum Gasteiger partial charge on any atom is 0.305 e. The molecule has 0 radical (unpaired) electrons. The zero-order valence-electron chi connectivity index (χ0n) is 13.5. The van der Waals surface area contributed by atoms with Crippen LogP contribution in [0.4, 0.5) is 0 Å². The number of carbonyl (C=O) groups excluding carboxylic acids is 1. The van der Waals surface area contributed by atoms with Gasteiger partial charge in [0.15, 0.2) is 0 Å². The lowest BCUT2D eigenvalue weighted by Crippen LogP contribution is -2.10. The molecule has 19 heavy (non-hydrogen) atoms. The lowest BCUT2D eigenvalue weighted by atomic mass is 9.99. The van der Waals surface area contributed by atoms with E-state index in [9.17, 15) is 4.79 Å². The molecular formula is C17H34O2. The maximum atomic E-state index is 11.0. The molecular weight excluding hydrogens is 236 g/mol. The molecule has 114 valence electrons. The van der Waals surface area contributed by atoms with E-state index in [1.807, 2.05) is 6.92 Å². The number of carbonyl (C=O) groups is 1. The highest BCUT2D eigenvalue weighted by atomic mass is 16.5. The SMILES string of the molecule is CCC(=O)OCC(C)CCCCCCCC(C)CC. The van der Waals surface area contributed by atoms with E-state index in [1.54, 1.807) is 0 Å². The zero-order valence-corrected chi connectivity index (χ0v) is 13.5. The van der Waals surface area contributed by atoms with Crippen molar-refractivity contribution >= 4 is 5.97 Å². The highest BCUT2D eigenvalue weighted by Crippen LogP contribution is 2.15. The summed E-state index contributed by atoms with van der Waals surface area (Å²) >= 11 is 0. The summed E-state index contributed by atoms with van der Waals surface area (Å²) in [6, 6.07) is 0. The van der Waals surface area contributed by atoms with E-state index >= 15 is 0 Å². The molecule has 2 unspecified atom stereocenters. The summed E-state index contributed by atoms with van der Waals surface area (Å²) in [6.45, 7) is 9.23. The normalized spacial score (nSPS) is 14.1. The first-order chi connectivity index (χ1) is 9.10. The lowest BCUT2D eigenvalue weighted by molar-refractivity contribution is -0.144. The van der Waals surface area contributed by atoms with E-state index < -0.39 is 0 Å². The molecule has 0 fully saturated rings. The number of unbranched alkanes of at least 4 members (excludes halogenated alkanes) is 4. The third-order valence-corrected chi connectivity index (χ3v) is 3.91. The Kier molecular flexibility index (Phi) is 12.2. The average molecular weight is 270 g/mol. The molecule has 0 aromatic heterocycles. The van der Waals surface area contributed by atoms with Gasteiger partial charge in [-0.05, 0) is 18.3 Å². The Bertz CT molecular complexity index is 213. The van der Waals surface area contributed by atoms with Crippen molar-refractivity contribution in [3.63, 3.8) is 0 Å². The first-order valence-corrected chi connectivity index (χ1v) is 8.25. The van der Waals surface area contributed by atoms with Gasteiger partial charge in [0.05, 0.1) is 6.61 Å². The van der Waals surface area contributed by atoms with Crippen LogP contribution in [0.3, 0.4) is 0 Å². The van der Waals surface area contributed by atoms with Gasteiger partial charge in [0.25, 0.3) is 0 Å². The van der Waals surface area contributed by atoms with Crippen LogP contribution in [0.5, 0.6) is 0 Å². The quantitative estimate of drug-likeness (QED) is 0.353. The van der Waals surface area contributed by atoms with Crippen LogP contribution < -0.4 is 0 Å². The molecule has 0 N–H and O–H groups in total. The van der Waals surface area contributed by atoms with Crippen molar-refractivity contribution in [2.24, 2.45) is 11.8 Å². The molecule has 0 aliphatic carbocycles. The van der Waals surface area contributed by atoms with Crippen LogP contribution in [0.1, 0.15) is 85.5 Å². The summed E-state index contributed by atoms with van der Waals surface area (Å²) in [7, 11) is 0. The second kappa shape index (κ2) is 12.5. The van der Waals surface area contributed by atoms with E-state index in [0.717, 1.165) is 5.92 Å². The predicted molar refractivity (Wildman–Crippen MR) is 82.2 cm³/mol. The van der Waals surface area contributed by atoms with Crippen LogP contribution >= 0.6 is 0 Å². The molecule has 0 saturated heterocycles. The summed E-state index contributed by atoms with van der Waals surface area (Å²) < 4.78 is 5.15. The summed E-state index contributed by atoms with van der Waals surface area (Å²) in [6.07, 6.45) is 11.1. The topological polar surface area (TPSA) is 26.3 Å². The number of esters is 1. The first kappa shape index (κ1) is 18.5. The smallest absolute Gasteiger partial charge is 0.305 e. The first-order valence-electron chi connectivity index (χ1n) is 8.25. The molecule has 0 bridgehead atoms. The van der Waals surface area contributed by atoms with Gasteiger partial charge in [-0.1, -0.05) is 72.6 Å². The molecule has 0 heterocycles. The molecule has 0 aliphatic rings. The van der Waals surface area contributed by atoms with Gasteiger partial charge in [-0.2, -0.15) is 0 Å². The van der Waals surface area contributed by atoms with E-state index in [4.69, 9.17) is 4.74 Å². The van der Waals surface area contributed by atoms with Gasteiger partial charge in [-0.3, -0.25) is 4.79 Å². The van der Waals surface area contributed by atoms with Crippen LogP contribution in [0.2, 0.25) is 0 Å². The fourth-order valence-electron chi connectivity index (χ4n) is 2.14. The van der Waals surface area contributed by atoms with Crippen LogP contribution in [-0.2, 0) is 9.53 Å². The molecule has 0 saturated carbocycles. The largest absolute Gasteiger partial charge is 0.465 e.